The summed E-state index contributed by atoms with van der Waals surface area (Å²) in [5, 5.41) is 3.18. The minimum atomic E-state index is 0.0309. The molecule has 5 nitrogen and oxygen atoms in total. The van der Waals surface area contributed by atoms with E-state index >= 15 is 0 Å². The molecule has 1 amide bonds. The Labute approximate surface area is 162 Å². The van der Waals surface area contributed by atoms with Crippen molar-refractivity contribution in [1.82, 2.24) is 10.2 Å². The molecule has 0 spiro atoms. The highest BCUT2D eigenvalue weighted by Crippen LogP contribution is 2.43. The van der Waals surface area contributed by atoms with Crippen molar-refractivity contribution in [3.63, 3.8) is 0 Å². The molecule has 148 valence electrons. The zero-order valence-corrected chi connectivity index (χ0v) is 16.4. The number of hydrogen-bond donors (Lipinski definition) is 1. The van der Waals surface area contributed by atoms with Crippen LogP contribution in [0.3, 0.4) is 0 Å². The second-order valence-corrected chi connectivity index (χ2v) is 8.27. The van der Waals surface area contributed by atoms with Crippen molar-refractivity contribution < 1.29 is 14.3 Å². The van der Waals surface area contributed by atoms with Gasteiger partial charge in [-0.1, -0.05) is 18.6 Å². The second kappa shape index (κ2) is 8.61. The maximum absolute atomic E-state index is 11.6. The third-order valence-electron chi connectivity index (χ3n) is 6.32. The lowest BCUT2D eigenvalue weighted by atomic mass is 9.86. The number of carbonyl (C=O) groups is 1. The first-order valence-electron chi connectivity index (χ1n) is 10.6. The number of ether oxygens (including phenoxy) is 2. The van der Waals surface area contributed by atoms with E-state index in [-0.39, 0.29) is 24.2 Å². The largest absolute Gasteiger partial charge is 0.492 e. The smallest absolute Gasteiger partial charge is 0.217 e. The highest BCUT2D eigenvalue weighted by molar-refractivity contribution is 5.73. The van der Waals surface area contributed by atoms with Gasteiger partial charge < -0.3 is 14.8 Å². The molecule has 1 aliphatic carbocycles. The first kappa shape index (κ1) is 18.8. The van der Waals surface area contributed by atoms with E-state index in [1.54, 1.807) is 6.92 Å². The van der Waals surface area contributed by atoms with Crippen molar-refractivity contribution in [3.05, 3.63) is 29.8 Å². The molecule has 27 heavy (non-hydrogen) atoms. The molecule has 0 unspecified atom stereocenters. The van der Waals surface area contributed by atoms with Crippen molar-refractivity contribution in [2.75, 3.05) is 26.2 Å². The van der Waals surface area contributed by atoms with Gasteiger partial charge in [0.25, 0.3) is 0 Å². The summed E-state index contributed by atoms with van der Waals surface area (Å²) < 4.78 is 12.4. The fourth-order valence-electron chi connectivity index (χ4n) is 5.00. The molecule has 0 aromatic heterocycles. The van der Waals surface area contributed by atoms with Crippen LogP contribution in [0.1, 0.15) is 57.1 Å². The van der Waals surface area contributed by atoms with Gasteiger partial charge in [0.15, 0.2) is 0 Å². The quantitative estimate of drug-likeness (QED) is 0.832. The number of benzene rings is 1. The number of rotatable bonds is 6. The van der Waals surface area contributed by atoms with Crippen LogP contribution in [-0.4, -0.2) is 49.2 Å². The third kappa shape index (κ3) is 4.64. The lowest BCUT2D eigenvalue weighted by Crippen LogP contribution is -2.47. The molecule has 5 heteroatoms. The highest BCUT2D eigenvalue weighted by Gasteiger charge is 2.42. The molecule has 2 heterocycles. The van der Waals surface area contributed by atoms with Gasteiger partial charge in [0.1, 0.15) is 12.4 Å². The molecule has 1 saturated carbocycles. The maximum Gasteiger partial charge on any atom is 0.217 e. The monoisotopic (exact) mass is 372 g/mol. The zero-order chi connectivity index (χ0) is 18.6. The van der Waals surface area contributed by atoms with E-state index in [2.05, 4.69) is 28.4 Å². The van der Waals surface area contributed by atoms with Crippen molar-refractivity contribution in [2.45, 2.75) is 63.7 Å². The second-order valence-electron chi connectivity index (χ2n) is 8.27. The molecular formula is C22H32N2O3. The Kier molecular flexibility index (Phi) is 5.98. The van der Waals surface area contributed by atoms with Gasteiger partial charge in [-0.15, -0.1) is 0 Å². The van der Waals surface area contributed by atoms with Gasteiger partial charge >= 0.3 is 0 Å². The number of hydrogen-bond acceptors (Lipinski definition) is 4. The Morgan fingerprint density at radius 3 is 2.93 bits per heavy atom. The fraction of sp³-hybridized carbons (Fsp3) is 0.682. The number of likely N-dealkylation sites (tertiary alicyclic amines) is 1. The average molecular weight is 373 g/mol. The van der Waals surface area contributed by atoms with Gasteiger partial charge in [-0.2, -0.15) is 0 Å². The minimum Gasteiger partial charge on any atom is -0.492 e. The molecule has 3 aliphatic rings. The van der Waals surface area contributed by atoms with Gasteiger partial charge in [0.05, 0.1) is 12.2 Å². The van der Waals surface area contributed by atoms with E-state index in [0.717, 1.165) is 43.7 Å². The van der Waals surface area contributed by atoms with Crippen molar-refractivity contribution in [2.24, 2.45) is 5.92 Å². The van der Waals surface area contributed by atoms with Crippen LogP contribution in [0, 0.1) is 5.92 Å². The first-order chi connectivity index (χ1) is 13.2. The Bertz CT molecular complexity index is 644. The Morgan fingerprint density at radius 2 is 2.11 bits per heavy atom. The Balaban J connectivity index is 1.38. The summed E-state index contributed by atoms with van der Waals surface area (Å²) in [7, 11) is 0. The molecule has 4 atom stereocenters. The van der Waals surface area contributed by atoms with Crippen molar-refractivity contribution in [1.29, 1.82) is 0 Å². The summed E-state index contributed by atoms with van der Waals surface area (Å²) in [6, 6.07) is 8.54. The van der Waals surface area contributed by atoms with Gasteiger partial charge in [-0.25, -0.2) is 0 Å². The fourth-order valence-corrected chi connectivity index (χ4v) is 5.00. The molecule has 1 aromatic carbocycles. The third-order valence-corrected chi connectivity index (χ3v) is 6.32. The van der Waals surface area contributed by atoms with Crippen LogP contribution in [0.25, 0.3) is 0 Å². The molecule has 3 fully saturated rings. The predicted octanol–water partition coefficient (Wildman–Crippen LogP) is 3.30. The predicted molar refractivity (Wildman–Crippen MR) is 105 cm³/mol. The van der Waals surface area contributed by atoms with Crippen LogP contribution in [0.2, 0.25) is 0 Å². The number of nitrogens with zero attached hydrogens (tertiary/aromatic N) is 1. The van der Waals surface area contributed by atoms with Crippen LogP contribution in [0.15, 0.2) is 24.3 Å². The van der Waals surface area contributed by atoms with E-state index in [1.807, 2.05) is 6.07 Å². The van der Waals surface area contributed by atoms with Gasteiger partial charge in [-0.3, -0.25) is 9.69 Å². The van der Waals surface area contributed by atoms with Crippen molar-refractivity contribution in [3.8, 4) is 5.75 Å². The van der Waals surface area contributed by atoms with Crippen LogP contribution >= 0.6 is 0 Å². The van der Waals surface area contributed by atoms with E-state index in [1.165, 1.54) is 32.4 Å². The lowest BCUT2D eigenvalue weighted by Gasteiger charge is -2.39. The molecule has 0 radical (unpaired) electrons. The Morgan fingerprint density at radius 1 is 1.26 bits per heavy atom. The van der Waals surface area contributed by atoms with Crippen LogP contribution < -0.4 is 10.1 Å². The summed E-state index contributed by atoms with van der Waals surface area (Å²) in [5.74, 6) is 1.44. The van der Waals surface area contributed by atoms with E-state index in [4.69, 9.17) is 9.47 Å². The number of amides is 1. The Hall–Kier alpha value is -1.59. The maximum atomic E-state index is 11.6. The molecule has 1 aromatic rings. The normalized spacial score (nSPS) is 30.9. The van der Waals surface area contributed by atoms with Gasteiger partial charge in [0, 0.05) is 25.4 Å². The summed E-state index contributed by atoms with van der Waals surface area (Å²) in [6.07, 6.45) is 7.21. The molecule has 0 bridgehead atoms. The standard InChI is InChI=1S/C22H32N2O3/c1-16(25)23-20-15-22(27-21-9-5-8-19(20)21)17-6-4-7-18(14-17)26-13-12-24-10-2-3-11-24/h4,6-7,14,19-22H,2-3,5,8-13,15H2,1H3,(H,23,25)/t19-,20+,21+,22+/m0/s1. The summed E-state index contributed by atoms with van der Waals surface area (Å²) in [5.41, 5.74) is 1.16. The van der Waals surface area contributed by atoms with Crippen LogP contribution in [0.4, 0.5) is 0 Å². The summed E-state index contributed by atoms with van der Waals surface area (Å²) in [4.78, 5) is 14.1. The molecule has 4 rings (SSSR count). The SMILES string of the molecule is CC(=O)N[C@@H]1C[C@H](c2cccc(OCCN3CCCC3)c2)O[C@@H]2CCC[C@@H]12. The average Bonchev–Trinajstić information content (AvgIpc) is 3.33. The molecule has 2 aliphatic heterocycles. The van der Waals surface area contributed by atoms with Gasteiger partial charge in [-0.05, 0) is 62.9 Å². The number of carbonyl (C=O) groups excluding carboxylic acids is 1. The summed E-state index contributed by atoms with van der Waals surface area (Å²) in [6.45, 7) is 5.74. The molecule has 1 N–H and O–H groups in total. The molecule has 2 saturated heterocycles. The van der Waals surface area contributed by atoms with Crippen molar-refractivity contribution >= 4 is 5.91 Å². The first-order valence-corrected chi connectivity index (χ1v) is 10.6. The zero-order valence-electron chi connectivity index (χ0n) is 16.4. The molecular weight excluding hydrogens is 340 g/mol. The number of nitrogens with one attached hydrogen (secondary N) is 1. The summed E-state index contributed by atoms with van der Waals surface area (Å²) >= 11 is 0. The van der Waals surface area contributed by atoms with E-state index in [0.29, 0.717) is 5.92 Å². The van der Waals surface area contributed by atoms with E-state index < -0.39 is 0 Å². The number of fused-ring (bicyclic) bond motifs is 1. The van der Waals surface area contributed by atoms with Crippen LogP contribution in [0.5, 0.6) is 5.75 Å². The topological polar surface area (TPSA) is 50.8 Å². The highest BCUT2D eigenvalue weighted by atomic mass is 16.5. The van der Waals surface area contributed by atoms with E-state index in [9.17, 15) is 4.79 Å². The lowest BCUT2D eigenvalue weighted by molar-refractivity contribution is -0.124. The van der Waals surface area contributed by atoms with Gasteiger partial charge in [0.2, 0.25) is 5.91 Å². The van der Waals surface area contributed by atoms with Crippen LogP contribution in [-0.2, 0) is 9.53 Å². The minimum absolute atomic E-state index is 0.0309.